The summed E-state index contributed by atoms with van der Waals surface area (Å²) >= 11 is 0. The standard InChI is InChI=1S/C35H33N6OP/c1-24(39-34(26-13-5-3-6-14-26)27-15-7-4-8-16-27)38-28-17-11-12-25(20-28)22-36-33-21-30(29-18-9-10-19-31(29)42)40-35-32(43-2)23-37-41(33)35/h3-21,23,34,36,38-39,42-43H,1,22H2,2H3. The number of benzene rings is 4. The maximum Gasteiger partial charge on any atom is 0.165 e. The molecule has 0 aliphatic rings. The lowest BCUT2D eigenvalue weighted by atomic mass is 9.99. The van der Waals surface area contributed by atoms with Gasteiger partial charge in [0.05, 0.1) is 23.8 Å². The molecule has 43 heavy (non-hydrogen) atoms. The summed E-state index contributed by atoms with van der Waals surface area (Å²) in [7, 11) is 0.547. The zero-order valence-corrected chi connectivity index (χ0v) is 24.8. The predicted octanol–water partition coefficient (Wildman–Crippen LogP) is 6.91. The minimum absolute atomic E-state index is 0.0395. The van der Waals surface area contributed by atoms with E-state index in [2.05, 4.69) is 70.7 Å². The van der Waals surface area contributed by atoms with Crippen LogP contribution in [0.15, 0.2) is 134 Å². The van der Waals surface area contributed by atoms with E-state index in [4.69, 9.17) is 4.98 Å². The average Bonchev–Trinajstić information content (AvgIpc) is 3.47. The first kappa shape index (κ1) is 28.0. The van der Waals surface area contributed by atoms with Crippen LogP contribution in [0.5, 0.6) is 5.75 Å². The first-order chi connectivity index (χ1) is 21.1. The first-order valence-electron chi connectivity index (χ1n) is 14.1. The summed E-state index contributed by atoms with van der Waals surface area (Å²) in [5.41, 5.74) is 6.49. The highest BCUT2D eigenvalue weighted by Crippen LogP contribution is 2.30. The van der Waals surface area contributed by atoms with Crippen molar-refractivity contribution >= 4 is 31.0 Å². The van der Waals surface area contributed by atoms with Crippen LogP contribution < -0.4 is 21.3 Å². The fourth-order valence-corrected chi connectivity index (χ4v) is 5.65. The molecule has 6 rings (SSSR count). The van der Waals surface area contributed by atoms with Gasteiger partial charge < -0.3 is 21.1 Å². The quantitative estimate of drug-likeness (QED) is 0.124. The van der Waals surface area contributed by atoms with E-state index in [1.54, 1.807) is 6.07 Å². The Balaban J connectivity index is 1.20. The van der Waals surface area contributed by atoms with Gasteiger partial charge in [-0.3, -0.25) is 0 Å². The Bertz CT molecular complexity index is 1820. The van der Waals surface area contributed by atoms with E-state index in [1.165, 1.54) is 0 Å². The lowest BCUT2D eigenvalue weighted by Crippen LogP contribution is -2.25. The molecular weight excluding hydrogens is 551 g/mol. The number of nitrogens with one attached hydrogen (secondary N) is 3. The van der Waals surface area contributed by atoms with Gasteiger partial charge in [0.1, 0.15) is 11.6 Å². The molecule has 0 bridgehead atoms. The molecule has 0 saturated heterocycles. The summed E-state index contributed by atoms with van der Waals surface area (Å²) in [6.07, 6.45) is 1.86. The zero-order valence-electron chi connectivity index (χ0n) is 23.8. The van der Waals surface area contributed by atoms with E-state index in [-0.39, 0.29) is 11.8 Å². The molecule has 0 amide bonds. The topological polar surface area (TPSA) is 86.5 Å². The molecule has 2 aromatic heterocycles. The number of nitrogens with zero attached hydrogens (tertiary/aromatic N) is 3. The van der Waals surface area contributed by atoms with Gasteiger partial charge in [-0.1, -0.05) is 100 Å². The lowest BCUT2D eigenvalue weighted by molar-refractivity contribution is 0.477. The van der Waals surface area contributed by atoms with Crippen molar-refractivity contribution in [2.75, 3.05) is 17.3 Å². The summed E-state index contributed by atoms with van der Waals surface area (Å²) in [4.78, 5) is 4.85. The molecule has 1 atom stereocenters. The van der Waals surface area contributed by atoms with Crippen molar-refractivity contribution in [1.82, 2.24) is 19.9 Å². The highest BCUT2D eigenvalue weighted by Gasteiger charge is 2.16. The Morgan fingerprint density at radius 2 is 1.58 bits per heavy atom. The number of anilines is 2. The summed E-state index contributed by atoms with van der Waals surface area (Å²) in [6.45, 7) is 6.96. The Hall–Kier alpha value is -5.13. The van der Waals surface area contributed by atoms with Crippen LogP contribution in [-0.2, 0) is 6.54 Å². The van der Waals surface area contributed by atoms with Gasteiger partial charge >= 0.3 is 0 Å². The molecule has 0 fully saturated rings. The fraction of sp³-hybridized carbons (Fsp3) is 0.0857. The Morgan fingerprint density at radius 1 is 0.884 bits per heavy atom. The van der Waals surface area contributed by atoms with Crippen molar-refractivity contribution in [3.63, 3.8) is 0 Å². The fourth-order valence-electron chi connectivity index (χ4n) is 5.08. The molecule has 7 nitrogen and oxygen atoms in total. The molecule has 0 saturated carbocycles. The second kappa shape index (κ2) is 12.8. The zero-order chi connectivity index (χ0) is 29.6. The number of para-hydroxylation sites is 1. The van der Waals surface area contributed by atoms with Gasteiger partial charge in [-0.2, -0.15) is 9.61 Å². The predicted molar refractivity (Wildman–Crippen MR) is 178 cm³/mol. The third-order valence-electron chi connectivity index (χ3n) is 7.20. The van der Waals surface area contributed by atoms with Crippen LogP contribution in [0.25, 0.3) is 16.9 Å². The van der Waals surface area contributed by atoms with Gasteiger partial charge in [0.15, 0.2) is 5.65 Å². The average molecular weight is 585 g/mol. The van der Waals surface area contributed by atoms with Crippen molar-refractivity contribution in [2.24, 2.45) is 0 Å². The SMILES string of the molecule is C=C(Nc1cccc(CNc2cc(-c3ccccc3O)nc3c(PC)cnn23)c1)NC(c1ccccc1)c1ccccc1. The molecule has 2 heterocycles. The van der Waals surface area contributed by atoms with Crippen molar-refractivity contribution in [2.45, 2.75) is 12.6 Å². The Morgan fingerprint density at radius 3 is 2.28 bits per heavy atom. The second-order valence-corrected chi connectivity index (χ2v) is 11.2. The highest BCUT2D eigenvalue weighted by molar-refractivity contribution is 7.46. The van der Waals surface area contributed by atoms with Crippen LogP contribution in [0.4, 0.5) is 11.5 Å². The number of hydrogen-bond donors (Lipinski definition) is 4. The van der Waals surface area contributed by atoms with Gasteiger partial charge in [0.25, 0.3) is 0 Å². The molecule has 4 N–H and O–H groups in total. The van der Waals surface area contributed by atoms with Crippen LogP contribution in [0.2, 0.25) is 0 Å². The van der Waals surface area contributed by atoms with E-state index in [0.29, 0.717) is 32.2 Å². The number of fused-ring (bicyclic) bond motifs is 1. The van der Waals surface area contributed by atoms with Crippen molar-refractivity contribution < 1.29 is 5.11 Å². The molecular formula is C35H33N6OP. The molecule has 0 radical (unpaired) electrons. The molecule has 0 aliphatic heterocycles. The Kier molecular flexibility index (Phi) is 8.34. The summed E-state index contributed by atoms with van der Waals surface area (Å²) in [6, 6.07) is 38.1. The van der Waals surface area contributed by atoms with Crippen molar-refractivity contribution in [3.05, 3.63) is 151 Å². The van der Waals surface area contributed by atoms with E-state index < -0.39 is 0 Å². The maximum absolute atomic E-state index is 10.5. The van der Waals surface area contributed by atoms with Gasteiger partial charge in [-0.05, 0) is 47.6 Å². The normalized spacial score (nSPS) is 11.3. The molecule has 8 heteroatoms. The summed E-state index contributed by atoms with van der Waals surface area (Å²) < 4.78 is 1.83. The maximum atomic E-state index is 10.5. The highest BCUT2D eigenvalue weighted by atomic mass is 31.1. The van der Waals surface area contributed by atoms with E-state index in [0.717, 1.165) is 39.1 Å². The molecule has 1 unspecified atom stereocenters. The van der Waals surface area contributed by atoms with Crippen molar-refractivity contribution in [1.29, 1.82) is 0 Å². The molecule has 0 aliphatic carbocycles. The summed E-state index contributed by atoms with van der Waals surface area (Å²) in [5, 5.41) is 26.7. The number of phenols is 1. The van der Waals surface area contributed by atoms with E-state index >= 15 is 0 Å². The van der Waals surface area contributed by atoms with Crippen molar-refractivity contribution in [3.8, 4) is 17.0 Å². The second-order valence-electron chi connectivity index (χ2n) is 10.1. The minimum Gasteiger partial charge on any atom is -0.507 e. The van der Waals surface area contributed by atoms with Crippen LogP contribution in [0, 0.1) is 0 Å². The number of aromatic nitrogens is 3. The first-order valence-corrected chi connectivity index (χ1v) is 15.6. The van der Waals surface area contributed by atoms with Gasteiger partial charge in [0.2, 0.25) is 0 Å². The van der Waals surface area contributed by atoms with E-state index in [9.17, 15) is 5.11 Å². The number of rotatable bonds is 11. The van der Waals surface area contributed by atoms with E-state index in [1.807, 2.05) is 83.5 Å². The third-order valence-corrected chi connectivity index (χ3v) is 8.09. The van der Waals surface area contributed by atoms with Crippen LogP contribution in [0.3, 0.4) is 0 Å². The monoisotopic (exact) mass is 584 g/mol. The molecule has 6 aromatic rings. The van der Waals surface area contributed by atoms with Gasteiger partial charge in [-0.25, -0.2) is 4.98 Å². The number of aromatic hydroxyl groups is 1. The van der Waals surface area contributed by atoms with Gasteiger partial charge in [0, 0.05) is 29.2 Å². The largest absolute Gasteiger partial charge is 0.507 e. The number of phenolic OH excluding ortho intramolecular Hbond substituents is 1. The van der Waals surface area contributed by atoms with Crippen LogP contribution >= 0.6 is 8.58 Å². The van der Waals surface area contributed by atoms with Crippen LogP contribution in [0.1, 0.15) is 22.7 Å². The minimum atomic E-state index is -0.0395. The molecule has 0 spiro atoms. The Labute approximate surface area is 253 Å². The smallest absolute Gasteiger partial charge is 0.165 e. The van der Waals surface area contributed by atoms with Crippen LogP contribution in [-0.4, -0.2) is 26.4 Å². The lowest BCUT2D eigenvalue weighted by Gasteiger charge is -2.23. The molecule has 4 aromatic carbocycles. The summed E-state index contributed by atoms with van der Waals surface area (Å²) in [5.74, 6) is 1.70. The number of hydrogen-bond acceptors (Lipinski definition) is 6. The molecule has 214 valence electrons. The van der Waals surface area contributed by atoms with Gasteiger partial charge in [-0.15, -0.1) is 0 Å². The third kappa shape index (κ3) is 6.37.